The van der Waals surface area contributed by atoms with Gasteiger partial charge in [-0.25, -0.2) is 0 Å². The summed E-state index contributed by atoms with van der Waals surface area (Å²) in [5.41, 5.74) is 0.973. The van der Waals surface area contributed by atoms with Crippen LogP contribution in [0.2, 0.25) is 0 Å². The van der Waals surface area contributed by atoms with Crippen molar-refractivity contribution >= 4 is 23.3 Å². The molecule has 0 aliphatic heterocycles. The zero-order chi connectivity index (χ0) is 18.2. The highest BCUT2D eigenvalue weighted by atomic mass is 32.1. The molecule has 0 saturated heterocycles. The summed E-state index contributed by atoms with van der Waals surface area (Å²) in [4.78, 5) is 14.4. The molecule has 1 aromatic carbocycles. The van der Waals surface area contributed by atoms with Crippen LogP contribution in [0.25, 0.3) is 6.08 Å². The lowest BCUT2D eigenvalue weighted by Crippen LogP contribution is -2.24. The molecular formula is C20H25NO3S. The van der Waals surface area contributed by atoms with E-state index in [9.17, 15) is 4.79 Å². The van der Waals surface area contributed by atoms with Gasteiger partial charge in [-0.05, 0) is 63.6 Å². The number of rotatable bonds is 8. The van der Waals surface area contributed by atoms with Gasteiger partial charge < -0.3 is 14.8 Å². The summed E-state index contributed by atoms with van der Waals surface area (Å²) in [6.07, 6.45) is 3.41. The largest absolute Gasteiger partial charge is 0.490 e. The Kier molecular flexibility index (Phi) is 7.07. The van der Waals surface area contributed by atoms with Gasteiger partial charge in [-0.15, -0.1) is 11.3 Å². The first-order chi connectivity index (χ1) is 12.0. The molecule has 0 aliphatic rings. The second-order valence-electron chi connectivity index (χ2n) is 5.58. The monoisotopic (exact) mass is 359 g/mol. The summed E-state index contributed by atoms with van der Waals surface area (Å²) < 4.78 is 11.2. The molecule has 5 heteroatoms. The van der Waals surface area contributed by atoms with Crippen LogP contribution in [0.5, 0.6) is 11.5 Å². The maximum Gasteiger partial charge on any atom is 0.244 e. The maximum atomic E-state index is 12.1. The van der Waals surface area contributed by atoms with Crippen molar-refractivity contribution in [1.29, 1.82) is 0 Å². The molecule has 0 radical (unpaired) electrons. The molecule has 1 aromatic heterocycles. The highest BCUT2D eigenvalue weighted by Gasteiger charge is 2.12. The molecule has 0 unspecified atom stereocenters. The molecule has 4 nitrogen and oxygen atoms in total. The molecule has 1 heterocycles. The fraction of sp³-hybridized carbons (Fsp3) is 0.350. The molecule has 0 spiro atoms. The predicted octanol–water partition coefficient (Wildman–Crippen LogP) is 4.74. The zero-order valence-corrected chi connectivity index (χ0v) is 16.0. The molecule has 1 atom stereocenters. The lowest BCUT2D eigenvalue weighted by atomic mass is 10.1. The van der Waals surface area contributed by atoms with Gasteiger partial charge in [0.15, 0.2) is 11.5 Å². The molecule has 134 valence electrons. The average Bonchev–Trinajstić information content (AvgIpc) is 3.00. The van der Waals surface area contributed by atoms with Gasteiger partial charge in [0.25, 0.3) is 0 Å². The molecule has 0 aliphatic carbocycles. The van der Waals surface area contributed by atoms with Gasteiger partial charge in [-0.2, -0.15) is 0 Å². The first kappa shape index (κ1) is 19.1. The SMILES string of the molecule is CCOc1ccc([C@H](C)NC(=O)/C=C/c2ccc(C)s2)cc1OCC. The van der Waals surface area contributed by atoms with Gasteiger partial charge in [0.1, 0.15) is 0 Å². The quantitative estimate of drug-likeness (QED) is 0.692. The third-order valence-corrected chi connectivity index (χ3v) is 4.55. The van der Waals surface area contributed by atoms with E-state index < -0.39 is 0 Å². The normalized spacial score (nSPS) is 12.2. The summed E-state index contributed by atoms with van der Waals surface area (Å²) in [5, 5.41) is 2.98. The van der Waals surface area contributed by atoms with Crippen LogP contribution in [0.1, 0.15) is 42.1 Å². The molecule has 0 bridgehead atoms. The molecule has 1 amide bonds. The Morgan fingerprint density at radius 3 is 2.52 bits per heavy atom. The predicted molar refractivity (Wildman–Crippen MR) is 103 cm³/mol. The number of benzene rings is 1. The maximum absolute atomic E-state index is 12.1. The van der Waals surface area contributed by atoms with Crippen LogP contribution in [-0.2, 0) is 4.79 Å². The van der Waals surface area contributed by atoms with E-state index in [1.807, 2.05) is 64.1 Å². The van der Waals surface area contributed by atoms with E-state index in [1.54, 1.807) is 17.4 Å². The van der Waals surface area contributed by atoms with Crippen LogP contribution >= 0.6 is 11.3 Å². The fourth-order valence-electron chi connectivity index (χ4n) is 2.38. The van der Waals surface area contributed by atoms with Crippen molar-refractivity contribution in [2.75, 3.05) is 13.2 Å². The Bertz CT molecular complexity index is 736. The minimum atomic E-state index is -0.128. The van der Waals surface area contributed by atoms with Crippen molar-refractivity contribution in [3.05, 3.63) is 51.7 Å². The summed E-state index contributed by atoms with van der Waals surface area (Å²) in [6.45, 7) is 9.02. The molecule has 0 saturated carbocycles. The molecule has 0 fully saturated rings. The number of carbonyl (C=O) groups is 1. The number of ether oxygens (including phenoxy) is 2. The number of nitrogens with one attached hydrogen (secondary N) is 1. The first-order valence-corrected chi connectivity index (χ1v) is 9.29. The topological polar surface area (TPSA) is 47.6 Å². The van der Waals surface area contributed by atoms with E-state index in [4.69, 9.17) is 9.47 Å². The minimum Gasteiger partial charge on any atom is -0.490 e. The number of aryl methyl sites for hydroxylation is 1. The third-order valence-electron chi connectivity index (χ3n) is 3.59. The Balaban J connectivity index is 2.03. The number of hydrogen-bond donors (Lipinski definition) is 1. The smallest absolute Gasteiger partial charge is 0.244 e. The highest BCUT2D eigenvalue weighted by Crippen LogP contribution is 2.30. The van der Waals surface area contributed by atoms with Crippen molar-refractivity contribution in [3.63, 3.8) is 0 Å². The first-order valence-electron chi connectivity index (χ1n) is 8.48. The minimum absolute atomic E-state index is 0.120. The van der Waals surface area contributed by atoms with Gasteiger partial charge in [0, 0.05) is 15.8 Å². The van der Waals surface area contributed by atoms with Crippen LogP contribution < -0.4 is 14.8 Å². The summed E-state index contributed by atoms with van der Waals surface area (Å²) in [6, 6.07) is 9.68. The molecule has 2 aromatic rings. The summed E-state index contributed by atoms with van der Waals surface area (Å²) >= 11 is 1.66. The van der Waals surface area contributed by atoms with Gasteiger partial charge >= 0.3 is 0 Å². The van der Waals surface area contributed by atoms with Crippen molar-refractivity contribution in [3.8, 4) is 11.5 Å². The Morgan fingerprint density at radius 2 is 1.88 bits per heavy atom. The number of carbonyl (C=O) groups excluding carboxylic acids is 1. The van der Waals surface area contributed by atoms with Crippen molar-refractivity contribution in [1.82, 2.24) is 5.32 Å². The lowest BCUT2D eigenvalue weighted by Gasteiger charge is -2.17. The molecule has 1 N–H and O–H groups in total. The Labute approximate surface area is 153 Å². The van der Waals surface area contributed by atoms with E-state index in [1.165, 1.54) is 4.88 Å². The standard InChI is InChI=1S/C20H25NO3S/c1-5-23-18-11-8-16(13-19(18)24-6-2)15(4)21-20(22)12-10-17-9-7-14(3)25-17/h7-13,15H,5-6H2,1-4H3,(H,21,22)/b12-10+/t15-/m0/s1. The second kappa shape index (κ2) is 9.28. The van der Waals surface area contributed by atoms with Crippen molar-refractivity contribution in [2.45, 2.75) is 33.7 Å². The van der Waals surface area contributed by atoms with Crippen LogP contribution in [-0.4, -0.2) is 19.1 Å². The average molecular weight is 359 g/mol. The lowest BCUT2D eigenvalue weighted by molar-refractivity contribution is -0.117. The van der Waals surface area contributed by atoms with Gasteiger partial charge in [0.05, 0.1) is 19.3 Å². The third kappa shape index (κ3) is 5.64. The summed E-state index contributed by atoms with van der Waals surface area (Å²) in [7, 11) is 0. The Morgan fingerprint density at radius 1 is 1.16 bits per heavy atom. The number of amides is 1. The summed E-state index contributed by atoms with van der Waals surface area (Å²) in [5.74, 6) is 1.30. The van der Waals surface area contributed by atoms with E-state index >= 15 is 0 Å². The van der Waals surface area contributed by atoms with E-state index in [0.717, 1.165) is 16.2 Å². The van der Waals surface area contributed by atoms with Crippen LogP contribution in [0, 0.1) is 6.92 Å². The molecular weight excluding hydrogens is 334 g/mol. The second-order valence-corrected chi connectivity index (χ2v) is 6.90. The van der Waals surface area contributed by atoms with Gasteiger partial charge in [0.2, 0.25) is 5.91 Å². The van der Waals surface area contributed by atoms with E-state index in [2.05, 4.69) is 5.32 Å². The zero-order valence-electron chi connectivity index (χ0n) is 15.2. The number of hydrogen-bond acceptors (Lipinski definition) is 4. The van der Waals surface area contributed by atoms with Crippen LogP contribution in [0.3, 0.4) is 0 Å². The van der Waals surface area contributed by atoms with Crippen LogP contribution in [0.4, 0.5) is 0 Å². The van der Waals surface area contributed by atoms with Gasteiger partial charge in [-0.1, -0.05) is 6.07 Å². The highest BCUT2D eigenvalue weighted by molar-refractivity contribution is 7.12. The van der Waals surface area contributed by atoms with Gasteiger partial charge in [-0.3, -0.25) is 4.79 Å². The van der Waals surface area contributed by atoms with Crippen molar-refractivity contribution < 1.29 is 14.3 Å². The van der Waals surface area contributed by atoms with E-state index in [0.29, 0.717) is 19.0 Å². The van der Waals surface area contributed by atoms with Crippen molar-refractivity contribution in [2.24, 2.45) is 0 Å². The fourth-order valence-corrected chi connectivity index (χ4v) is 3.16. The molecule has 2 rings (SSSR count). The Hall–Kier alpha value is -2.27. The number of thiophene rings is 1. The van der Waals surface area contributed by atoms with E-state index in [-0.39, 0.29) is 11.9 Å². The van der Waals surface area contributed by atoms with Crippen LogP contribution in [0.15, 0.2) is 36.4 Å². The molecule has 25 heavy (non-hydrogen) atoms.